The molecule has 0 aliphatic rings. The van der Waals surface area contributed by atoms with Crippen molar-refractivity contribution in [1.29, 1.82) is 0 Å². The van der Waals surface area contributed by atoms with Gasteiger partial charge in [0, 0.05) is 6.04 Å². The van der Waals surface area contributed by atoms with Crippen LogP contribution in [0, 0.1) is 0 Å². The van der Waals surface area contributed by atoms with Crippen LogP contribution >= 0.6 is 0 Å². The van der Waals surface area contributed by atoms with Crippen molar-refractivity contribution in [3.05, 3.63) is 12.0 Å². The lowest BCUT2D eigenvalue weighted by molar-refractivity contribution is 0.0596. The van der Waals surface area contributed by atoms with Gasteiger partial charge in [0.1, 0.15) is 5.82 Å². The molecule has 17 heavy (non-hydrogen) atoms. The van der Waals surface area contributed by atoms with Crippen molar-refractivity contribution in [2.45, 2.75) is 45.6 Å². The summed E-state index contributed by atoms with van der Waals surface area (Å²) in [5.74, 6) is -0.0946. The van der Waals surface area contributed by atoms with Crippen molar-refractivity contribution in [2.24, 2.45) is 0 Å². The van der Waals surface area contributed by atoms with Crippen molar-refractivity contribution >= 4 is 11.8 Å². The molecule has 0 aliphatic heterocycles. The Morgan fingerprint density at radius 1 is 1.59 bits per heavy atom. The number of esters is 1. The van der Waals surface area contributed by atoms with Crippen molar-refractivity contribution < 1.29 is 9.53 Å². The number of carbonyl (C=O) groups excluding carboxylic acids is 1. The quantitative estimate of drug-likeness (QED) is 0.611. The van der Waals surface area contributed by atoms with E-state index in [-0.39, 0.29) is 11.7 Å². The highest BCUT2D eigenvalue weighted by molar-refractivity contribution is 5.92. The highest BCUT2D eigenvalue weighted by Gasteiger charge is 2.18. The van der Waals surface area contributed by atoms with E-state index in [0.717, 1.165) is 12.8 Å². The van der Waals surface area contributed by atoms with Gasteiger partial charge in [-0.3, -0.25) is 0 Å². The second kappa shape index (κ2) is 6.27. The number of nitrogens with zero attached hydrogens (tertiary/aromatic N) is 2. The van der Waals surface area contributed by atoms with Gasteiger partial charge < -0.3 is 15.0 Å². The van der Waals surface area contributed by atoms with E-state index in [1.54, 1.807) is 6.33 Å². The van der Waals surface area contributed by atoms with Crippen LogP contribution < -0.4 is 5.73 Å². The molecule has 5 heteroatoms. The summed E-state index contributed by atoms with van der Waals surface area (Å²) < 4.78 is 6.45. The summed E-state index contributed by atoms with van der Waals surface area (Å²) in [7, 11) is 1.32. The molecule has 5 nitrogen and oxygen atoms in total. The molecule has 96 valence electrons. The zero-order chi connectivity index (χ0) is 12.8. The number of rotatable bonds is 6. The van der Waals surface area contributed by atoms with E-state index in [4.69, 9.17) is 5.73 Å². The molecular weight excluding hydrogens is 218 g/mol. The van der Waals surface area contributed by atoms with Gasteiger partial charge in [-0.05, 0) is 13.3 Å². The number of aromatic nitrogens is 2. The number of anilines is 1. The van der Waals surface area contributed by atoms with Crippen LogP contribution in [0.1, 0.15) is 56.1 Å². The number of nitrogen functional groups attached to an aromatic ring is 1. The summed E-state index contributed by atoms with van der Waals surface area (Å²) in [6, 6.07) is 0.257. The van der Waals surface area contributed by atoms with Gasteiger partial charge in [-0.1, -0.05) is 26.2 Å². The Hall–Kier alpha value is -1.52. The van der Waals surface area contributed by atoms with Crippen molar-refractivity contribution in [3.8, 4) is 0 Å². The summed E-state index contributed by atoms with van der Waals surface area (Å²) in [4.78, 5) is 15.4. The predicted molar refractivity (Wildman–Crippen MR) is 66.8 cm³/mol. The number of ether oxygens (including phenoxy) is 1. The highest BCUT2D eigenvalue weighted by Crippen LogP contribution is 2.21. The lowest BCUT2D eigenvalue weighted by Gasteiger charge is -2.14. The SMILES string of the molecule is CCCCCC(C)n1cnc(C(=O)OC)c1N. The smallest absolute Gasteiger partial charge is 0.360 e. The number of hydrogen-bond donors (Lipinski definition) is 1. The van der Waals surface area contributed by atoms with Gasteiger partial charge >= 0.3 is 5.97 Å². The van der Waals surface area contributed by atoms with Crippen molar-refractivity contribution in [1.82, 2.24) is 9.55 Å². The van der Waals surface area contributed by atoms with Crippen LogP contribution in [-0.2, 0) is 4.74 Å². The largest absolute Gasteiger partial charge is 0.464 e. The second-order valence-electron chi connectivity index (χ2n) is 4.22. The van der Waals surface area contributed by atoms with Crippen LogP contribution in [0.2, 0.25) is 0 Å². The van der Waals surface area contributed by atoms with E-state index in [0.29, 0.717) is 5.82 Å². The number of imidazole rings is 1. The maximum Gasteiger partial charge on any atom is 0.360 e. The van der Waals surface area contributed by atoms with Gasteiger partial charge in [-0.15, -0.1) is 0 Å². The minimum absolute atomic E-state index is 0.204. The van der Waals surface area contributed by atoms with Crippen LogP contribution in [0.15, 0.2) is 6.33 Å². The third-order valence-corrected chi connectivity index (χ3v) is 2.91. The lowest BCUT2D eigenvalue weighted by atomic mass is 10.1. The number of carbonyl (C=O) groups is 1. The zero-order valence-electron chi connectivity index (χ0n) is 10.8. The molecule has 1 aromatic heterocycles. The number of methoxy groups -OCH3 is 1. The molecule has 0 fully saturated rings. The molecule has 0 spiro atoms. The van der Waals surface area contributed by atoms with Gasteiger partial charge in [-0.2, -0.15) is 0 Å². The Kier molecular flexibility index (Phi) is 5.00. The number of unbranched alkanes of at least 4 members (excludes halogenated alkanes) is 2. The van der Waals surface area contributed by atoms with E-state index in [1.165, 1.54) is 20.0 Å². The molecule has 0 radical (unpaired) electrons. The molecule has 0 saturated carbocycles. The van der Waals surface area contributed by atoms with E-state index in [1.807, 2.05) is 4.57 Å². The predicted octanol–water partition coefficient (Wildman–Crippen LogP) is 2.39. The monoisotopic (exact) mass is 239 g/mol. The molecule has 1 heterocycles. The first kappa shape index (κ1) is 13.5. The average Bonchev–Trinajstić information content (AvgIpc) is 2.70. The fourth-order valence-electron chi connectivity index (χ4n) is 1.80. The summed E-state index contributed by atoms with van der Waals surface area (Å²) in [6.45, 7) is 4.25. The summed E-state index contributed by atoms with van der Waals surface area (Å²) in [5, 5.41) is 0. The van der Waals surface area contributed by atoms with Gasteiger partial charge in [-0.25, -0.2) is 9.78 Å². The Morgan fingerprint density at radius 3 is 2.88 bits per heavy atom. The van der Waals surface area contributed by atoms with Crippen molar-refractivity contribution in [2.75, 3.05) is 12.8 Å². The number of hydrogen-bond acceptors (Lipinski definition) is 4. The van der Waals surface area contributed by atoms with Crippen LogP contribution in [0.25, 0.3) is 0 Å². The maximum atomic E-state index is 11.4. The fourth-order valence-corrected chi connectivity index (χ4v) is 1.80. The molecule has 1 atom stereocenters. The standard InChI is InChI=1S/C12H21N3O2/c1-4-5-6-7-9(2)15-8-14-10(11(15)13)12(16)17-3/h8-9H,4-7,13H2,1-3H3. The first-order chi connectivity index (χ1) is 8.11. The lowest BCUT2D eigenvalue weighted by Crippen LogP contribution is -2.11. The molecule has 1 unspecified atom stereocenters. The highest BCUT2D eigenvalue weighted by atomic mass is 16.5. The van der Waals surface area contributed by atoms with Crippen LogP contribution in [-0.4, -0.2) is 22.6 Å². The normalized spacial score (nSPS) is 12.4. The first-order valence-corrected chi connectivity index (χ1v) is 6.02. The van der Waals surface area contributed by atoms with E-state index in [9.17, 15) is 4.79 Å². The Morgan fingerprint density at radius 2 is 2.29 bits per heavy atom. The molecule has 0 amide bonds. The molecule has 1 rings (SSSR count). The Labute approximate surface area is 102 Å². The summed E-state index contributed by atoms with van der Waals surface area (Å²) in [6.07, 6.45) is 6.21. The van der Waals surface area contributed by atoms with Gasteiger partial charge in [0.05, 0.1) is 13.4 Å². The van der Waals surface area contributed by atoms with Gasteiger partial charge in [0.15, 0.2) is 5.69 Å². The number of nitrogens with two attached hydrogens (primary N) is 1. The third kappa shape index (κ3) is 3.22. The van der Waals surface area contributed by atoms with E-state index >= 15 is 0 Å². The minimum Gasteiger partial charge on any atom is -0.464 e. The molecule has 1 aromatic rings. The van der Waals surface area contributed by atoms with E-state index in [2.05, 4.69) is 23.6 Å². The topological polar surface area (TPSA) is 70.1 Å². The average molecular weight is 239 g/mol. The molecular formula is C12H21N3O2. The first-order valence-electron chi connectivity index (χ1n) is 6.02. The van der Waals surface area contributed by atoms with Crippen LogP contribution in [0.4, 0.5) is 5.82 Å². The molecule has 0 aromatic carbocycles. The Bertz CT molecular complexity index is 374. The van der Waals surface area contributed by atoms with Crippen LogP contribution in [0.3, 0.4) is 0 Å². The molecule has 0 saturated heterocycles. The zero-order valence-corrected chi connectivity index (χ0v) is 10.8. The summed E-state index contributed by atoms with van der Waals surface area (Å²) >= 11 is 0. The fraction of sp³-hybridized carbons (Fsp3) is 0.667. The van der Waals surface area contributed by atoms with E-state index < -0.39 is 5.97 Å². The molecule has 0 bridgehead atoms. The Balaban J connectivity index is 2.71. The van der Waals surface area contributed by atoms with Crippen LogP contribution in [0.5, 0.6) is 0 Å². The van der Waals surface area contributed by atoms with Gasteiger partial charge in [0.25, 0.3) is 0 Å². The van der Waals surface area contributed by atoms with Crippen molar-refractivity contribution in [3.63, 3.8) is 0 Å². The summed E-state index contributed by atoms with van der Waals surface area (Å²) in [5.41, 5.74) is 6.09. The maximum absolute atomic E-state index is 11.4. The third-order valence-electron chi connectivity index (χ3n) is 2.91. The molecule has 0 aliphatic carbocycles. The molecule has 2 N–H and O–H groups in total. The minimum atomic E-state index is -0.484. The second-order valence-corrected chi connectivity index (χ2v) is 4.22. The van der Waals surface area contributed by atoms with Gasteiger partial charge in [0.2, 0.25) is 0 Å².